The lowest BCUT2D eigenvalue weighted by Crippen LogP contribution is -2.36. The average molecular weight is 365 g/mol. The van der Waals surface area contributed by atoms with Gasteiger partial charge in [-0.15, -0.1) is 0 Å². The van der Waals surface area contributed by atoms with Gasteiger partial charge in [-0.05, 0) is 36.4 Å². The van der Waals surface area contributed by atoms with Crippen LogP contribution in [0.5, 0.6) is 0 Å². The fourth-order valence-electron chi connectivity index (χ4n) is 3.00. The van der Waals surface area contributed by atoms with Crippen molar-refractivity contribution in [2.45, 2.75) is 0 Å². The third-order valence-corrected chi connectivity index (χ3v) is 4.40. The van der Waals surface area contributed by atoms with E-state index in [1.54, 1.807) is 24.5 Å². The molecule has 8 heteroatoms. The van der Waals surface area contributed by atoms with Crippen LogP contribution < -0.4 is 16.0 Å². The van der Waals surface area contributed by atoms with Crippen molar-refractivity contribution in [2.24, 2.45) is 0 Å². The van der Waals surface area contributed by atoms with E-state index in [9.17, 15) is 4.79 Å². The van der Waals surface area contributed by atoms with Crippen LogP contribution in [0.1, 0.15) is 10.4 Å². The van der Waals surface area contributed by atoms with Gasteiger partial charge in [-0.25, -0.2) is 0 Å². The molecule has 4 rings (SSSR count). The maximum atomic E-state index is 12.7. The molecule has 1 aliphatic rings. The predicted octanol–water partition coefficient (Wildman–Crippen LogP) is 2.41. The molecule has 1 aromatic carbocycles. The van der Waals surface area contributed by atoms with Crippen molar-refractivity contribution < 1.29 is 14.1 Å². The molecule has 1 aliphatic heterocycles. The highest BCUT2D eigenvalue weighted by atomic mass is 16.5. The number of carbonyl (C=O) groups excluding carboxylic acids is 1. The summed E-state index contributed by atoms with van der Waals surface area (Å²) in [6.07, 6.45) is 3.23. The second-order valence-corrected chi connectivity index (χ2v) is 6.11. The standard InChI is InChI=1S/C19H19N5O3/c20-18-16(17(23-27-18)13-5-7-21-8-6-13)19(25)22-14-1-3-15(4-2-14)24-9-11-26-12-10-24/h1-8H,9-12,20H2,(H,22,25). The number of aromatic nitrogens is 2. The monoisotopic (exact) mass is 365 g/mol. The number of anilines is 3. The Balaban J connectivity index is 1.52. The van der Waals surface area contributed by atoms with Crippen LogP contribution in [-0.2, 0) is 4.74 Å². The molecule has 27 heavy (non-hydrogen) atoms. The van der Waals surface area contributed by atoms with Gasteiger partial charge in [0.05, 0.1) is 13.2 Å². The highest BCUT2D eigenvalue weighted by Crippen LogP contribution is 2.28. The van der Waals surface area contributed by atoms with Crippen LogP contribution in [0.4, 0.5) is 17.3 Å². The minimum Gasteiger partial charge on any atom is -0.378 e. The molecular weight excluding hydrogens is 346 g/mol. The van der Waals surface area contributed by atoms with Gasteiger partial charge < -0.3 is 25.2 Å². The molecule has 0 atom stereocenters. The Labute approximate surface area is 155 Å². The number of hydrogen-bond donors (Lipinski definition) is 2. The van der Waals surface area contributed by atoms with Crippen LogP contribution in [0.3, 0.4) is 0 Å². The Morgan fingerprint density at radius 3 is 2.48 bits per heavy atom. The minimum atomic E-state index is -0.375. The Kier molecular flexibility index (Phi) is 4.71. The predicted molar refractivity (Wildman–Crippen MR) is 102 cm³/mol. The van der Waals surface area contributed by atoms with Crippen LogP contribution in [0.25, 0.3) is 11.3 Å². The quantitative estimate of drug-likeness (QED) is 0.731. The van der Waals surface area contributed by atoms with Gasteiger partial charge >= 0.3 is 0 Å². The van der Waals surface area contributed by atoms with Gasteiger partial charge in [0.2, 0.25) is 5.88 Å². The number of ether oxygens (including phenoxy) is 1. The van der Waals surface area contributed by atoms with Gasteiger partial charge in [0.1, 0.15) is 11.3 Å². The highest BCUT2D eigenvalue weighted by molar-refractivity contribution is 6.11. The van der Waals surface area contributed by atoms with Crippen LogP contribution >= 0.6 is 0 Å². The largest absolute Gasteiger partial charge is 0.378 e. The minimum absolute atomic E-state index is 0.0238. The molecule has 3 heterocycles. The molecule has 8 nitrogen and oxygen atoms in total. The summed E-state index contributed by atoms with van der Waals surface area (Å²) in [7, 11) is 0. The average Bonchev–Trinajstić information content (AvgIpc) is 3.11. The summed E-state index contributed by atoms with van der Waals surface area (Å²) in [5.74, 6) is -0.399. The molecule has 0 radical (unpaired) electrons. The number of morpholine rings is 1. The maximum Gasteiger partial charge on any atom is 0.263 e. The molecule has 3 N–H and O–H groups in total. The third-order valence-electron chi connectivity index (χ3n) is 4.40. The van der Waals surface area contributed by atoms with Gasteiger partial charge in [0.25, 0.3) is 5.91 Å². The summed E-state index contributed by atoms with van der Waals surface area (Å²) in [6.45, 7) is 3.17. The molecule has 2 aromatic heterocycles. The first-order chi connectivity index (χ1) is 13.2. The second-order valence-electron chi connectivity index (χ2n) is 6.11. The Hall–Kier alpha value is -3.39. The van der Waals surface area contributed by atoms with E-state index in [0.717, 1.165) is 32.0 Å². The normalized spacial score (nSPS) is 14.1. The molecule has 1 saturated heterocycles. The highest BCUT2D eigenvalue weighted by Gasteiger charge is 2.22. The van der Waals surface area contributed by atoms with E-state index in [-0.39, 0.29) is 17.4 Å². The summed E-state index contributed by atoms with van der Waals surface area (Å²) >= 11 is 0. The zero-order chi connectivity index (χ0) is 18.6. The zero-order valence-electron chi connectivity index (χ0n) is 14.6. The first-order valence-corrected chi connectivity index (χ1v) is 8.62. The van der Waals surface area contributed by atoms with E-state index >= 15 is 0 Å². The van der Waals surface area contributed by atoms with Gasteiger partial charge in [-0.3, -0.25) is 9.78 Å². The first-order valence-electron chi connectivity index (χ1n) is 8.62. The van der Waals surface area contributed by atoms with E-state index in [1.807, 2.05) is 24.3 Å². The van der Waals surface area contributed by atoms with Crippen molar-refractivity contribution >= 4 is 23.2 Å². The van der Waals surface area contributed by atoms with Crippen molar-refractivity contribution in [3.05, 3.63) is 54.4 Å². The van der Waals surface area contributed by atoms with E-state index in [0.29, 0.717) is 16.9 Å². The molecule has 0 aliphatic carbocycles. The Morgan fingerprint density at radius 1 is 1.07 bits per heavy atom. The third kappa shape index (κ3) is 3.61. The Bertz CT molecular complexity index is 918. The number of nitrogens with one attached hydrogen (secondary N) is 1. The summed E-state index contributed by atoms with van der Waals surface area (Å²) in [5, 5.41) is 6.76. The van der Waals surface area contributed by atoms with E-state index < -0.39 is 0 Å². The number of amides is 1. The molecule has 3 aromatic rings. The fourth-order valence-corrected chi connectivity index (χ4v) is 3.00. The molecule has 0 spiro atoms. The number of nitrogens with two attached hydrogens (primary N) is 1. The number of pyridine rings is 1. The van der Waals surface area contributed by atoms with Crippen LogP contribution in [-0.4, -0.2) is 42.4 Å². The lowest BCUT2D eigenvalue weighted by molar-refractivity contribution is 0.102. The van der Waals surface area contributed by atoms with E-state index in [1.165, 1.54) is 0 Å². The molecule has 138 valence electrons. The van der Waals surface area contributed by atoms with Crippen molar-refractivity contribution in [1.29, 1.82) is 0 Å². The smallest absolute Gasteiger partial charge is 0.263 e. The number of nitrogen functional groups attached to an aromatic ring is 1. The van der Waals surface area contributed by atoms with Gasteiger partial charge in [0.15, 0.2) is 0 Å². The number of hydrogen-bond acceptors (Lipinski definition) is 7. The summed E-state index contributed by atoms with van der Waals surface area (Å²) < 4.78 is 10.4. The first kappa shape index (κ1) is 17.0. The zero-order valence-corrected chi connectivity index (χ0v) is 14.6. The lowest BCUT2D eigenvalue weighted by Gasteiger charge is -2.28. The molecule has 1 fully saturated rings. The molecule has 0 unspecified atom stereocenters. The fraction of sp³-hybridized carbons (Fsp3) is 0.211. The molecule has 0 saturated carbocycles. The topological polar surface area (TPSA) is 107 Å². The summed E-state index contributed by atoms with van der Waals surface area (Å²) in [6, 6.07) is 11.1. The van der Waals surface area contributed by atoms with Crippen LogP contribution in [0.15, 0.2) is 53.3 Å². The number of carbonyl (C=O) groups is 1. The van der Waals surface area contributed by atoms with E-state index in [4.69, 9.17) is 15.0 Å². The second kappa shape index (κ2) is 7.46. The molecule has 0 bridgehead atoms. The Morgan fingerprint density at radius 2 is 1.78 bits per heavy atom. The lowest BCUT2D eigenvalue weighted by atomic mass is 10.1. The van der Waals surface area contributed by atoms with Gasteiger partial charge in [-0.1, -0.05) is 5.16 Å². The number of benzene rings is 1. The van der Waals surface area contributed by atoms with Crippen molar-refractivity contribution in [3.63, 3.8) is 0 Å². The maximum absolute atomic E-state index is 12.7. The van der Waals surface area contributed by atoms with Crippen molar-refractivity contribution in [2.75, 3.05) is 42.3 Å². The van der Waals surface area contributed by atoms with E-state index in [2.05, 4.69) is 20.4 Å². The molecular formula is C19H19N5O3. The number of nitrogens with zero attached hydrogens (tertiary/aromatic N) is 3. The number of rotatable bonds is 4. The summed E-state index contributed by atoms with van der Waals surface area (Å²) in [5.41, 5.74) is 8.89. The molecule has 1 amide bonds. The van der Waals surface area contributed by atoms with Crippen LogP contribution in [0.2, 0.25) is 0 Å². The van der Waals surface area contributed by atoms with Crippen molar-refractivity contribution in [1.82, 2.24) is 10.1 Å². The van der Waals surface area contributed by atoms with Crippen LogP contribution in [0, 0.1) is 0 Å². The summed E-state index contributed by atoms with van der Waals surface area (Å²) in [4.78, 5) is 19.0. The van der Waals surface area contributed by atoms with Crippen molar-refractivity contribution in [3.8, 4) is 11.3 Å². The SMILES string of the molecule is Nc1onc(-c2ccncc2)c1C(=O)Nc1ccc(N2CCOCC2)cc1. The van der Waals surface area contributed by atoms with Gasteiger partial charge in [-0.2, -0.15) is 0 Å². The van der Waals surface area contributed by atoms with Gasteiger partial charge in [0, 0.05) is 42.4 Å².